The Morgan fingerprint density at radius 3 is 2.61 bits per heavy atom. The molecule has 11 heteroatoms. The fourth-order valence-electron chi connectivity index (χ4n) is 5.58. The third-order valence-electron chi connectivity index (χ3n) is 7.29. The first-order valence-corrected chi connectivity index (χ1v) is 14.0. The highest BCUT2D eigenvalue weighted by atomic mass is 32.2. The van der Waals surface area contributed by atoms with Gasteiger partial charge in [-0.15, -0.1) is 0 Å². The van der Waals surface area contributed by atoms with Crippen LogP contribution in [-0.2, 0) is 16.4 Å². The van der Waals surface area contributed by atoms with Gasteiger partial charge in [0.25, 0.3) is 0 Å². The number of allylic oxidation sites excluding steroid dienone is 3. The fraction of sp³-hybridized carbons (Fsp3) is 0.370. The highest BCUT2D eigenvalue weighted by Gasteiger charge is 2.42. The van der Waals surface area contributed by atoms with Crippen molar-refractivity contribution >= 4 is 15.7 Å². The molecule has 2 heterocycles. The van der Waals surface area contributed by atoms with Crippen molar-refractivity contribution in [1.29, 1.82) is 0 Å². The van der Waals surface area contributed by atoms with E-state index in [4.69, 9.17) is 0 Å². The van der Waals surface area contributed by atoms with Gasteiger partial charge in [0.15, 0.2) is 5.75 Å². The number of halogens is 4. The van der Waals surface area contributed by atoms with Crippen molar-refractivity contribution in [3.63, 3.8) is 0 Å². The van der Waals surface area contributed by atoms with Crippen molar-refractivity contribution in [2.75, 3.05) is 23.9 Å². The SMILES string of the molecule is C[C@H]1C2=CNN(c3ccc(F)cc3)C2=CC2=C1[C@@H](CN(CCc1ccccn1)S(=O)(=O)CC(F)(F)F)CC2. The summed E-state index contributed by atoms with van der Waals surface area (Å²) < 4.78 is 79.8. The van der Waals surface area contributed by atoms with E-state index in [0.717, 1.165) is 32.4 Å². The second-order valence-electron chi connectivity index (χ2n) is 9.81. The standard InChI is InChI=1S/C27H28F4N4O2S/c1-18-24-15-33-35(23-9-7-21(28)8-10-23)25(24)14-19-5-6-20(26(18)19)16-34(38(36,37)17-27(29,30)31)13-11-22-4-2-3-12-32-22/h2-4,7-10,12,14-15,18,20,33H,5-6,11,13,16-17H2,1H3/t18-,20+/m0/s1. The highest BCUT2D eigenvalue weighted by Crippen LogP contribution is 2.48. The predicted octanol–water partition coefficient (Wildman–Crippen LogP) is 5.11. The molecular formula is C27H28F4N4O2S. The molecule has 6 nitrogen and oxygen atoms in total. The van der Waals surface area contributed by atoms with Crippen LogP contribution in [0.3, 0.4) is 0 Å². The molecule has 0 unspecified atom stereocenters. The summed E-state index contributed by atoms with van der Waals surface area (Å²) in [5, 5.41) is 1.87. The average molecular weight is 549 g/mol. The smallest absolute Gasteiger partial charge is 0.301 e. The Morgan fingerprint density at radius 2 is 1.92 bits per heavy atom. The minimum Gasteiger partial charge on any atom is -0.301 e. The maximum atomic E-state index is 13.4. The lowest BCUT2D eigenvalue weighted by atomic mass is 9.80. The zero-order valence-corrected chi connectivity index (χ0v) is 21.6. The van der Waals surface area contributed by atoms with Gasteiger partial charge in [0.2, 0.25) is 10.0 Å². The number of nitrogens with zero attached hydrogens (tertiary/aromatic N) is 3. The van der Waals surface area contributed by atoms with Crippen LogP contribution in [0.5, 0.6) is 0 Å². The molecule has 38 heavy (non-hydrogen) atoms. The quantitative estimate of drug-likeness (QED) is 0.465. The third kappa shape index (κ3) is 5.49. The molecule has 2 aromatic rings. The van der Waals surface area contributed by atoms with Crippen LogP contribution in [0.15, 0.2) is 83.4 Å². The predicted molar refractivity (Wildman–Crippen MR) is 136 cm³/mol. The Kier molecular flexibility index (Phi) is 7.08. The van der Waals surface area contributed by atoms with Gasteiger partial charge in [-0.25, -0.2) is 17.1 Å². The molecule has 0 amide bonds. The fourth-order valence-corrected chi connectivity index (χ4v) is 6.95. The topological polar surface area (TPSA) is 65.5 Å². The number of nitrogens with one attached hydrogen (secondary N) is 1. The van der Waals surface area contributed by atoms with Crippen LogP contribution in [0.1, 0.15) is 25.5 Å². The van der Waals surface area contributed by atoms with Crippen LogP contribution in [-0.4, -0.2) is 42.7 Å². The Morgan fingerprint density at radius 1 is 1.16 bits per heavy atom. The Bertz CT molecular complexity index is 1390. The van der Waals surface area contributed by atoms with Crippen molar-refractivity contribution in [2.45, 2.75) is 32.4 Å². The molecule has 5 rings (SSSR count). The minimum atomic E-state index is -4.83. The molecule has 1 N–H and O–H groups in total. The van der Waals surface area contributed by atoms with Gasteiger partial charge in [-0.3, -0.25) is 9.99 Å². The molecule has 1 aromatic heterocycles. The van der Waals surface area contributed by atoms with Gasteiger partial charge in [0, 0.05) is 49.1 Å². The maximum Gasteiger partial charge on any atom is 0.404 e. The molecular weight excluding hydrogens is 520 g/mol. The van der Waals surface area contributed by atoms with Crippen LogP contribution in [0.2, 0.25) is 0 Å². The van der Waals surface area contributed by atoms with Crippen molar-refractivity contribution in [2.24, 2.45) is 11.8 Å². The molecule has 2 aliphatic carbocycles. The summed E-state index contributed by atoms with van der Waals surface area (Å²) in [6.07, 6.45) is 2.23. The molecule has 202 valence electrons. The average Bonchev–Trinajstić information content (AvgIpc) is 3.46. The van der Waals surface area contributed by atoms with Gasteiger partial charge >= 0.3 is 6.18 Å². The number of alkyl halides is 3. The molecule has 0 spiro atoms. The number of hydrogen-bond donors (Lipinski definition) is 1. The number of anilines is 1. The third-order valence-corrected chi connectivity index (χ3v) is 9.10. The van der Waals surface area contributed by atoms with Gasteiger partial charge in [0.05, 0.1) is 11.4 Å². The summed E-state index contributed by atoms with van der Waals surface area (Å²) in [4.78, 5) is 4.19. The first-order valence-electron chi connectivity index (χ1n) is 12.4. The summed E-state index contributed by atoms with van der Waals surface area (Å²) in [6, 6.07) is 11.3. The molecule has 1 aliphatic heterocycles. The number of aromatic nitrogens is 1. The van der Waals surface area contributed by atoms with E-state index in [-0.39, 0.29) is 37.2 Å². The first kappa shape index (κ1) is 26.4. The Balaban J connectivity index is 1.40. The lowest BCUT2D eigenvalue weighted by molar-refractivity contribution is -0.107. The van der Waals surface area contributed by atoms with Crippen LogP contribution in [0.25, 0.3) is 0 Å². The molecule has 0 bridgehead atoms. The summed E-state index contributed by atoms with van der Waals surface area (Å²) >= 11 is 0. The van der Waals surface area contributed by atoms with Crippen molar-refractivity contribution in [3.05, 3.63) is 94.9 Å². The number of pyridine rings is 1. The zero-order chi connectivity index (χ0) is 27.1. The van der Waals surface area contributed by atoms with Gasteiger partial charge in [-0.1, -0.05) is 18.6 Å². The van der Waals surface area contributed by atoms with Gasteiger partial charge in [-0.05, 0) is 66.8 Å². The zero-order valence-electron chi connectivity index (χ0n) is 20.7. The molecule has 1 aromatic carbocycles. The van der Waals surface area contributed by atoms with E-state index in [0.29, 0.717) is 18.5 Å². The largest absolute Gasteiger partial charge is 0.404 e. The molecule has 0 saturated carbocycles. The van der Waals surface area contributed by atoms with E-state index in [9.17, 15) is 26.0 Å². The van der Waals surface area contributed by atoms with Crippen LogP contribution in [0, 0.1) is 17.7 Å². The number of hydrogen-bond acceptors (Lipinski definition) is 5. The second-order valence-corrected chi connectivity index (χ2v) is 11.8. The van der Waals surface area contributed by atoms with E-state index in [2.05, 4.69) is 10.4 Å². The second kappa shape index (κ2) is 10.2. The number of sulfonamides is 1. The number of benzene rings is 1. The molecule has 2 atom stereocenters. The van der Waals surface area contributed by atoms with Crippen LogP contribution >= 0.6 is 0 Å². The van der Waals surface area contributed by atoms with E-state index < -0.39 is 22.0 Å². The Hall–Kier alpha value is -3.18. The monoisotopic (exact) mass is 548 g/mol. The van der Waals surface area contributed by atoms with Crippen molar-refractivity contribution in [3.8, 4) is 0 Å². The van der Waals surface area contributed by atoms with Gasteiger partial charge < -0.3 is 5.43 Å². The molecule has 0 fully saturated rings. The van der Waals surface area contributed by atoms with Crippen molar-refractivity contribution in [1.82, 2.24) is 14.7 Å². The first-order chi connectivity index (χ1) is 18.0. The maximum absolute atomic E-state index is 13.4. The molecule has 3 aliphatic rings. The summed E-state index contributed by atoms with van der Waals surface area (Å²) in [5.41, 5.74) is 8.67. The van der Waals surface area contributed by atoms with Crippen molar-refractivity contribution < 1.29 is 26.0 Å². The van der Waals surface area contributed by atoms with Gasteiger partial charge in [0.1, 0.15) is 5.82 Å². The van der Waals surface area contributed by atoms with E-state index in [1.165, 1.54) is 12.1 Å². The molecule has 0 saturated heterocycles. The summed E-state index contributed by atoms with van der Waals surface area (Å²) in [5.74, 6) is -2.48. The summed E-state index contributed by atoms with van der Waals surface area (Å²) in [7, 11) is -4.58. The number of fused-ring (bicyclic) bond motifs is 1. The van der Waals surface area contributed by atoms with E-state index >= 15 is 0 Å². The highest BCUT2D eigenvalue weighted by molar-refractivity contribution is 7.89. The Labute approximate surface area is 219 Å². The molecule has 0 radical (unpaired) electrons. The number of rotatable bonds is 8. The normalized spacial score (nSPS) is 21.3. The van der Waals surface area contributed by atoms with E-state index in [1.807, 2.05) is 24.2 Å². The minimum absolute atomic E-state index is 0.0139. The van der Waals surface area contributed by atoms with Gasteiger partial charge in [-0.2, -0.15) is 13.2 Å². The van der Waals surface area contributed by atoms with Crippen LogP contribution < -0.4 is 10.4 Å². The lowest BCUT2D eigenvalue weighted by Crippen LogP contribution is -2.42. The van der Waals surface area contributed by atoms with Crippen LogP contribution in [0.4, 0.5) is 23.2 Å². The van der Waals surface area contributed by atoms with E-state index in [1.54, 1.807) is 36.5 Å². The number of hydrazine groups is 1. The summed E-state index contributed by atoms with van der Waals surface area (Å²) in [6.45, 7) is 1.94. The lowest BCUT2D eigenvalue weighted by Gasteiger charge is -2.32.